The molecule has 0 bridgehead atoms. The summed E-state index contributed by atoms with van der Waals surface area (Å²) in [6.07, 6.45) is 3.44. The van der Waals surface area contributed by atoms with Crippen molar-refractivity contribution < 1.29 is 4.74 Å². The molecule has 6 nitrogen and oxygen atoms in total. The lowest BCUT2D eigenvalue weighted by atomic mass is 10.2. The molecular weight excluding hydrogens is 256 g/mol. The van der Waals surface area contributed by atoms with Gasteiger partial charge in [0.1, 0.15) is 0 Å². The molecule has 1 aromatic rings. The van der Waals surface area contributed by atoms with Crippen LogP contribution in [-0.4, -0.2) is 42.6 Å². The van der Waals surface area contributed by atoms with Crippen molar-refractivity contribution in [2.24, 2.45) is 5.73 Å². The summed E-state index contributed by atoms with van der Waals surface area (Å²) in [7, 11) is 1.96. The van der Waals surface area contributed by atoms with Crippen molar-refractivity contribution in [2.45, 2.75) is 39.3 Å². The maximum absolute atomic E-state index is 12.0. The van der Waals surface area contributed by atoms with Crippen LogP contribution in [0.4, 0.5) is 5.69 Å². The normalized spacial score (nSPS) is 12.4. The summed E-state index contributed by atoms with van der Waals surface area (Å²) in [5.41, 5.74) is 6.39. The van der Waals surface area contributed by atoms with Crippen LogP contribution in [0, 0.1) is 0 Å². The van der Waals surface area contributed by atoms with Gasteiger partial charge in [-0.05, 0) is 19.8 Å². The molecule has 1 rings (SSSR count). The Morgan fingerprint density at radius 1 is 1.50 bits per heavy atom. The van der Waals surface area contributed by atoms with Crippen LogP contribution in [0.3, 0.4) is 0 Å². The van der Waals surface area contributed by atoms with Gasteiger partial charge in [0.2, 0.25) is 0 Å². The Morgan fingerprint density at radius 2 is 2.25 bits per heavy atom. The Balaban J connectivity index is 2.66. The number of hydrogen-bond donors (Lipinski definition) is 1. The molecule has 0 aliphatic carbocycles. The molecule has 0 aliphatic heterocycles. The first-order valence-corrected chi connectivity index (χ1v) is 7.22. The van der Waals surface area contributed by atoms with E-state index in [1.165, 1.54) is 4.68 Å². The molecular formula is C14H26N4O2. The molecule has 1 heterocycles. The molecule has 0 saturated heterocycles. The summed E-state index contributed by atoms with van der Waals surface area (Å²) in [5, 5.41) is 4.21. The average molecular weight is 282 g/mol. The van der Waals surface area contributed by atoms with E-state index in [9.17, 15) is 4.79 Å². The van der Waals surface area contributed by atoms with Crippen molar-refractivity contribution in [3.63, 3.8) is 0 Å². The maximum atomic E-state index is 12.0. The molecule has 0 radical (unpaired) electrons. The van der Waals surface area contributed by atoms with Gasteiger partial charge in [0.15, 0.2) is 0 Å². The highest BCUT2D eigenvalue weighted by atomic mass is 16.5. The van der Waals surface area contributed by atoms with Crippen LogP contribution in [-0.2, 0) is 11.3 Å². The minimum absolute atomic E-state index is 0.0175. The monoisotopic (exact) mass is 282 g/mol. The van der Waals surface area contributed by atoms with Crippen molar-refractivity contribution in [3.05, 3.63) is 22.6 Å². The van der Waals surface area contributed by atoms with Gasteiger partial charge in [0, 0.05) is 39.4 Å². The Labute approximate surface area is 120 Å². The number of ether oxygens (including phenoxy) is 1. The third kappa shape index (κ3) is 4.94. The first-order chi connectivity index (χ1) is 9.62. The summed E-state index contributed by atoms with van der Waals surface area (Å²) in [5.74, 6) is 0. The molecule has 114 valence electrons. The van der Waals surface area contributed by atoms with Gasteiger partial charge in [-0.2, -0.15) is 5.10 Å². The zero-order valence-corrected chi connectivity index (χ0v) is 12.7. The van der Waals surface area contributed by atoms with Crippen LogP contribution < -0.4 is 16.2 Å². The van der Waals surface area contributed by atoms with Crippen molar-refractivity contribution in [2.75, 3.05) is 31.6 Å². The molecule has 0 amide bonds. The highest BCUT2D eigenvalue weighted by Gasteiger charge is 2.08. The SMILES string of the molecule is CCCN(C)c1cnn(CCC(CN)OCC)c(=O)c1. The highest BCUT2D eigenvalue weighted by Crippen LogP contribution is 2.07. The van der Waals surface area contributed by atoms with E-state index in [0.717, 1.165) is 18.7 Å². The number of hydrogen-bond acceptors (Lipinski definition) is 5. The van der Waals surface area contributed by atoms with Crippen molar-refractivity contribution in [1.29, 1.82) is 0 Å². The van der Waals surface area contributed by atoms with Crippen LogP contribution in [0.1, 0.15) is 26.7 Å². The smallest absolute Gasteiger partial charge is 0.268 e. The zero-order valence-electron chi connectivity index (χ0n) is 12.7. The molecule has 0 aliphatic rings. The molecule has 0 aromatic carbocycles. The first kappa shape index (κ1) is 16.7. The fourth-order valence-electron chi connectivity index (χ4n) is 2.04. The van der Waals surface area contributed by atoms with Crippen LogP contribution in [0.25, 0.3) is 0 Å². The standard InChI is InChI=1S/C14H26N4O2/c1-4-7-17(3)12-9-14(19)18(16-11-12)8-6-13(10-15)20-5-2/h9,11,13H,4-8,10,15H2,1-3H3. The van der Waals surface area contributed by atoms with Crippen LogP contribution in [0.2, 0.25) is 0 Å². The fourth-order valence-corrected chi connectivity index (χ4v) is 2.04. The Kier molecular flexibility index (Phi) is 7.25. The number of aryl methyl sites for hydroxylation is 1. The number of anilines is 1. The third-order valence-corrected chi connectivity index (χ3v) is 3.18. The molecule has 1 atom stereocenters. The van der Waals surface area contributed by atoms with Crippen LogP contribution >= 0.6 is 0 Å². The predicted octanol–water partition coefficient (Wildman–Crippen LogP) is 0.843. The van der Waals surface area contributed by atoms with Crippen LogP contribution in [0.15, 0.2) is 17.1 Å². The minimum atomic E-state index is -0.0854. The van der Waals surface area contributed by atoms with Gasteiger partial charge in [-0.15, -0.1) is 0 Å². The van der Waals surface area contributed by atoms with E-state index in [1.807, 2.05) is 18.9 Å². The number of aromatic nitrogens is 2. The van der Waals surface area contributed by atoms with Gasteiger partial charge in [-0.1, -0.05) is 6.92 Å². The summed E-state index contributed by atoms with van der Waals surface area (Å²) in [6.45, 7) is 6.56. The third-order valence-electron chi connectivity index (χ3n) is 3.18. The van der Waals surface area contributed by atoms with E-state index < -0.39 is 0 Å². The molecule has 0 fully saturated rings. The van der Waals surface area contributed by atoms with E-state index in [0.29, 0.717) is 26.1 Å². The second-order valence-electron chi connectivity index (χ2n) is 4.80. The topological polar surface area (TPSA) is 73.4 Å². The Morgan fingerprint density at radius 3 is 2.80 bits per heavy atom. The zero-order chi connectivity index (χ0) is 15.0. The van der Waals surface area contributed by atoms with E-state index in [-0.39, 0.29) is 11.7 Å². The lowest BCUT2D eigenvalue weighted by molar-refractivity contribution is 0.0589. The van der Waals surface area contributed by atoms with Gasteiger partial charge >= 0.3 is 0 Å². The lowest BCUT2D eigenvalue weighted by Gasteiger charge is -2.18. The van der Waals surface area contributed by atoms with E-state index >= 15 is 0 Å². The van der Waals surface area contributed by atoms with Gasteiger partial charge in [0.25, 0.3) is 5.56 Å². The molecule has 1 unspecified atom stereocenters. The van der Waals surface area contributed by atoms with E-state index in [1.54, 1.807) is 12.3 Å². The second kappa shape index (κ2) is 8.71. The summed E-state index contributed by atoms with van der Waals surface area (Å²) < 4.78 is 6.93. The Bertz CT molecular complexity index is 447. The molecule has 0 spiro atoms. The molecule has 6 heteroatoms. The second-order valence-corrected chi connectivity index (χ2v) is 4.80. The van der Waals surface area contributed by atoms with Gasteiger partial charge in [0.05, 0.1) is 18.0 Å². The summed E-state index contributed by atoms with van der Waals surface area (Å²) in [4.78, 5) is 14.0. The average Bonchev–Trinajstić information content (AvgIpc) is 2.44. The van der Waals surface area contributed by atoms with Crippen molar-refractivity contribution >= 4 is 5.69 Å². The van der Waals surface area contributed by atoms with Gasteiger partial charge in [-0.3, -0.25) is 4.79 Å². The lowest BCUT2D eigenvalue weighted by Crippen LogP contribution is -2.30. The van der Waals surface area contributed by atoms with Crippen molar-refractivity contribution in [3.8, 4) is 0 Å². The predicted molar refractivity (Wildman–Crippen MR) is 81.1 cm³/mol. The molecule has 20 heavy (non-hydrogen) atoms. The van der Waals surface area contributed by atoms with E-state index in [2.05, 4.69) is 12.0 Å². The molecule has 0 saturated carbocycles. The summed E-state index contributed by atoms with van der Waals surface area (Å²) in [6, 6.07) is 1.63. The van der Waals surface area contributed by atoms with Gasteiger partial charge in [-0.25, -0.2) is 4.68 Å². The van der Waals surface area contributed by atoms with E-state index in [4.69, 9.17) is 10.5 Å². The molecule has 1 aromatic heterocycles. The highest BCUT2D eigenvalue weighted by molar-refractivity contribution is 5.41. The number of nitrogens with two attached hydrogens (primary N) is 1. The fraction of sp³-hybridized carbons (Fsp3) is 0.714. The maximum Gasteiger partial charge on any atom is 0.268 e. The first-order valence-electron chi connectivity index (χ1n) is 7.22. The quantitative estimate of drug-likeness (QED) is 0.726. The molecule has 2 N–H and O–H groups in total. The number of nitrogens with zero attached hydrogens (tertiary/aromatic N) is 3. The van der Waals surface area contributed by atoms with Crippen LogP contribution in [0.5, 0.6) is 0 Å². The number of rotatable bonds is 9. The van der Waals surface area contributed by atoms with Gasteiger partial charge < -0.3 is 15.4 Å². The Hall–Kier alpha value is -1.40. The largest absolute Gasteiger partial charge is 0.377 e. The summed E-state index contributed by atoms with van der Waals surface area (Å²) >= 11 is 0. The van der Waals surface area contributed by atoms with Crippen molar-refractivity contribution in [1.82, 2.24) is 9.78 Å². The minimum Gasteiger partial charge on any atom is -0.377 e.